The minimum atomic E-state index is -0.394. The molecule has 1 fully saturated rings. The number of cyclic esters (lactones) is 1. The molecule has 0 radical (unpaired) electrons. The van der Waals surface area contributed by atoms with Crippen molar-refractivity contribution in [3.63, 3.8) is 0 Å². The Labute approximate surface area is 140 Å². The second-order valence-corrected chi connectivity index (χ2v) is 5.65. The van der Waals surface area contributed by atoms with Crippen molar-refractivity contribution < 1.29 is 14.3 Å². The Morgan fingerprint density at radius 3 is 2.58 bits per heavy atom. The zero-order chi connectivity index (χ0) is 16.9. The van der Waals surface area contributed by atoms with Crippen LogP contribution in [0, 0.1) is 6.92 Å². The molecule has 1 aliphatic rings. The minimum Gasteiger partial charge on any atom is -0.442 e. The first-order valence-electron chi connectivity index (χ1n) is 7.76. The van der Waals surface area contributed by atoms with E-state index in [1.165, 1.54) is 0 Å². The van der Waals surface area contributed by atoms with Gasteiger partial charge in [0.25, 0.3) is 0 Å². The standard InChI is InChI=1S/C18H19N3O3/c1-13-7-9-15(10-8-13)21-12-16(24-18(21)23)11-19-17(22)20-14-5-3-2-4-6-14/h2-10,16H,11-12H2,1H3,(H2,19,20,22). The Morgan fingerprint density at radius 2 is 1.88 bits per heavy atom. The lowest BCUT2D eigenvalue weighted by atomic mass is 10.2. The molecule has 1 heterocycles. The topological polar surface area (TPSA) is 70.7 Å². The lowest BCUT2D eigenvalue weighted by molar-refractivity contribution is 0.141. The van der Waals surface area contributed by atoms with Crippen LogP contribution < -0.4 is 15.5 Å². The average Bonchev–Trinajstić information content (AvgIpc) is 2.95. The van der Waals surface area contributed by atoms with E-state index >= 15 is 0 Å². The Balaban J connectivity index is 1.51. The van der Waals surface area contributed by atoms with E-state index in [2.05, 4.69) is 10.6 Å². The van der Waals surface area contributed by atoms with Gasteiger partial charge in [-0.25, -0.2) is 9.59 Å². The minimum absolute atomic E-state index is 0.257. The van der Waals surface area contributed by atoms with Crippen molar-refractivity contribution in [3.8, 4) is 0 Å². The van der Waals surface area contributed by atoms with Gasteiger partial charge in [-0.05, 0) is 31.2 Å². The van der Waals surface area contributed by atoms with Crippen LogP contribution in [0.2, 0.25) is 0 Å². The van der Waals surface area contributed by atoms with E-state index in [-0.39, 0.29) is 18.7 Å². The summed E-state index contributed by atoms with van der Waals surface area (Å²) >= 11 is 0. The molecule has 0 saturated carbocycles. The van der Waals surface area contributed by atoms with Gasteiger partial charge in [0.15, 0.2) is 0 Å². The van der Waals surface area contributed by atoms with E-state index in [9.17, 15) is 9.59 Å². The normalized spacial score (nSPS) is 16.6. The summed E-state index contributed by atoms with van der Waals surface area (Å²) in [5.41, 5.74) is 2.63. The molecule has 3 rings (SSSR count). The summed E-state index contributed by atoms with van der Waals surface area (Å²) in [6.45, 7) is 2.66. The first-order chi connectivity index (χ1) is 11.6. The van der Waals surface area contributed by atoms with Gasteiger partial charge in [0.1, 0.15) is 6.10 Å². The molecular weight excluding hydrogens is 306 g/mol. The molecule has 1 saturated heterocycles. The number of amides is 3. The Morgan fingerprint density at radius 1 is 1.17 bits per heavy atom. The molecule has 6 heteroatoms. The molecule has 24 heavy (non-hydrogen) atoms. The zero-order valence-corrected chi connectivity index (χ0v) is 13.4. The summed E-state index contributed by atoms with van der Waals surface area (Å²) in [5, 5.41) is 5.44. The highest BCUT2D eigenvalue weighted by Gasteiger charge is 2.32. The van der Waals surface area contributed by atoms with Crippen molar-refractivity contribution in [2.24, 2.45) is 0 Å². The summed E-state index contributed by atoms with van der Waals surface area (Å²) in [5.74, 6) is 0. The van der Waals surface area contributed by atoms with E-state index in [0.29, 0.717) is 12.2 Å². The third-order valence-electron chi connectivity index (χ3n) is 3.74. The number of carbonyl (C=O) groups is 2. The summed E-state index contributed by atoms with van der Waals surface area (Å²) in [6.07, 6.45) is -0.769. The van der Waals surface area contributed by atoms with Crippen LogP contribution in [0.1, 0.15) is 5.56 Å². The van der Waals surface area contributed by atoms with E-state index < -0.39 is 6.09 Å². The molecule has 0 aromatic heterocycles. The number of rotatable bonds is 4. The Kier molecular flexibility index (Phi) is 4.65. The molecule has 1 aliphatic heterocycles. The quantitative estimate of drug-likeness (QED) is 0.907. The van der Waals surface area contributed by atoms with Crippen molar-refractivity contribution in [1.29, 1.82) is 0 Å². The second-order valence-electron chi connectivity index (χ2n) is 5.65. The molecular formula is C18H19N3O3. The van der Waals surface area contributed by atoms with Crippen LogP contribution in [0.3, 0.4) is 0 Å². The second kappa shape index (κ2) is 7.04. The van der Waals surface area contributed by atoms with Crippen LogP contribution in [-0.2, 0) is 4.74 Å². The van der Waals surface area contributed by atoms with Gasteiger partial charge >= 0.3 is 12.1 Å². The fourth-order valence-electron chi connectivity index (χ4n) is 2.47. The van der Waals surface area contributed by atoms with E-state index in [1.54, 1.807) is 17.0 Å². The maximum atomic E-state index is 12.0. The van der Waals surface area contributed by atoms with Gasteiger partial charge in [0.05, 0.1) is 13.1 Å². The fourth-order valence-corrected chi connectivity index (χ4v) is 2.47. The summed E-state index contributed by atoms with van der Waals surface area (Å²) in [6, 6.07) is 16.5. The molecule has 124 valence electrons. The number of anilines is 2. The molecule has 0 bridgehead atoms. The molecule has 0 aliphatic carbocycles. The maximum absolute atomic E-state index is 12.0. The maximum Gasteiger partial charge on any atom is 0.414 e. The van der Waals surface area contributed by atoms with Crippen LogP contribution in [0.4, 0.5) is 21.0 Å². The smallest absolute Gasteiger partial charge is 0.414 e. The van der Waals surface area contributed by atoms with Gasteiger partial charge in [-0.15, -0.1) is 0 Å². The van der Waals surface area contributed by atoms with Gasteiger partial charge in [-0.1, -0.05) is 35.9 Å². The van der Waals surface area contributed by atoms with Gasteiger partial charge in [0, 0.05) is 11.4 Å². The molecule has 1 unspecified atom stereocenters. The fraction of sp³-hybridized carbons (Fsp3) is 0.222. The van der Waals surface area contributed by atoms with Crippen molar-refractivity contribution in [2.45, 2.75) is 13.0 Å². The molecule has 6 nitrogen and oxygen atoms in total. The van der Waals surface area contributed by atoms with E-state index in [1.807, 2.05) is 49.4 Å². The van der Waals surface area contributed by atoms with Crippen LogP contribution in [0.25, 0.3) is 0 Å². The number of nitrogens with one attached hydrogen (secondary N) is 2. The van der Waals surface area contributed by atoms with E-state index in [0.717, 1.165) is 11.3 Å². The van der Waals surface area contributed by atoms with E-state index in [4.69, 9.17) is 4.74 Å². The number of aryl methyl sites for hydroxylation is 1. The largest absolute Gasteiger partial charge is 0.442 e. The SMILES string of the molecule is Cc1ccc(N2CC(CNC(=O)Nc3ccccc3)OC2=O)cc1. The first kappa shape index (κ1) is 15.9. The zero-order valence-electron chi connectivity index (χ0n) is 13.4. The van der Waals surface area contributed by atoms with Gasteiger partial charge < -0.3 is 15.4 Å². The van der Waals surface area contributed by atoms with Crippen molar-refractivity contribution in [2.75, 3.05) is 23.3 Å². The van der Waals surface area contributed by atoms with Crippen molar-refractivity contribution >= 4 is 23.5 Å². The highest BCUT2D eigenvalue weighted by atomic mass is 16.6. The van der Waals surface area contributed by atoms with Crippen LogP contribution >= 0.6 is 0 Å². The highest BCUT2D eigenvalue weighted by Crippen LogP contribution is 2.21. The predicted octanol–water partition coefficient (Wildman–Crippen LogP) is 3.14. The summed E-state index contributed by atoms with van der Waals surface area (Å²) in [7, 11) is 0. The lowest BCUT2D eigenvalue weighted by Gasteiger charge is -2.13. The number of para-hydroxylation sites is 1. The molecule has 2 N–H and O–H groups in total. The number of hydrogen-bond donors (Lipinski definition) is 2. The monoisotopic (exact) mass is 325 g/mol. The number of carbonyl (C=O) groups excluding carboxylic acids is 2. The van der Waals surface area contributed by atoms with Crippen molar-refractivity contribution in [3.05, 3.63) is 60.2 Å². The van der Waals surface area contributed by atoms with Gasteiger partial charge in [0.2, 0.25) is 0 Å². The average molecular weight is 325 g/mol. The van der Waals surface area contributed by atoms with Crippen LogP contribution in [0.15, 0.2) is 54.6 Å². The van der Waals surface area contributed by atoms with Crippen LogP contribution in [-0.4, -0.2) is 31.3 Å². The number of ether oxygens (including phenoxy) is 1. The molecule has 1 atom stereocenters. The summed E-state index contributed by atoms with van der Waals surface area (Å²) < 4.78 is 5.30. The Bertz CT molecular complexity index is 716. The first-order valence-corrected chi connectivity index (χ1v) is 7.76. The number of nitrogens with zero attached hydrogens (tertiary/aromatic N) is 1. The third kappa shape index (κ3) is 3.84. The third-order valence-corrected chi connectivity index (χ3v) is 3.74. The highest BCUT2D eigenvalue weighted by molar-refractivity contribution is 5.90. The predicted molar refractivity (Wildman–Crippen MR) is 92.3 cm³/mol. The summed E-state index contributed by atoms with van der Waals surface area (Å²) in [4.78, 5) is 25.4. The van der Waals surface area contributed by atoms with Crippen LogP contribution in [0.5, 0.6) is 0 Å². The number of urea groups is 1. The Hall–Kier alpha value is -3.02. The lowest BCUT2D eigenvalue weighted by Crippen LogP contribution is -2.37. The van der Waals surface area contributed by atoms with Gasteiger partial charge in [-0.3, -0.25) is 4.90 Å². The molecule has 3 amide bonds. The molecule has 2 aromatic carbocycles. The number of benzene rings is 2. The van der Waals surface area contributed by atoms with Crippen molar-refractivity contribution in [1.82, 2.24) is 5.32 Å². The number of hydrogen-bond acceptors (Lipinski definition) is 3. The van der Waals surface area contributed by atoms with Gasteiger partial charge in [-0.2, -0.15) is 0 Å². The molecule has 2 aromatic rings. The molecule has 0 spiro atoms.